The molecule has 1 aliphatic heterocycles. The van der Waals surface area contributed by atoms with Gasteiger partial charge in [-0.1, -0.05) is 6.92 Å². The molecule has 2 unspecified atom stereocenters. The average Bonchev–Trinajstić information content (AvgIpc) is 2.67. The van der Waals surface area contributed by atoms with E-state index < -0.39 is 5.97 Å². The number of hydrogen-bond donors (Lipinski definition) is 2. The monoisotopic (exact) mass is 211 g/mol. The summed E-state index contributed by atoms with van der Waals surface area (Å²) in [7, 11) is 0. The van der Waals surface area contributed by atoms with Gasteiger partial charge < -0.3 is 14.9 Å². The Morgan fingerprint density at radius 3 is 3.07 bits per heavy atom. The van der Waals surface area contributed by atoms with Crippen LogP contribution >= 0.6 is 0 Å². The topological polar surface area (TPSA) is 88.2 Å². The number of aromatic carboxylic acids is 1. The van der Waals surface area contributed by atoms with Gasteiger partial charge in [0.2, 0.25) is 5.89 Å². The molecule has 1 fully saturated rings. The Labute approximate surface area is 86.7 Å². The first-order chi connectivity index (χ1) is 7.18. The summed E-state index contributed by atoms with van der Waals surface area (Å²) < 4.78 is 4.93. The molecule has 6 heteroatoms. The van der Waals surface area contributed by atoms with Crippen molar-refractivity contribution < 1.29 is 14.4 Å². The molecule has 2 atom stereocenters. The van der Waals surface area contributed by atoms with Crippen molar-refractivity contribution in [1.82, 2.24) is 15.5 Å². The predicted molar refractivity (Wildman–Crippen MR) is 50.4 cm³/mol. The van der Waals surface area contributed by atoms with Crippen molar-refractivity contribution in [3.8, 4) is 0 Å². The highest BCUT2D eigenvalue weighted by Gasteiger charge is 2.28. The van der Waals surface area contributed by atoms with Crippen LogP contribution in [0.5, 0.6) is 0 Å². The van der Waals surface area contributed by atoms with Gasteiger partial charge in [0, 0.05) is 0 Å². The first kappa shape index (κ1) is 10.1. The van der Waals surface area contributed by atoms with Crippen molar-refractivity contribution in [3.63, 3.8) is 0 Å². The van der Waals surface area contributed by atoms with E-state index in [1.54, 1.807) is 0 Å². The van der Waals surface area contributed by atoms with Crippen LogP contribution in [0.4, 0.5) is 0 Å². The van der Waals surface area contributed by atoms with E-state index in [9.17, 15) is 4.79 Å². The summed E-state index contributed by atoms with van der Waals surface area (Å²) in [4.78, 5) is 14.4. The third kappa shape index (κ3) is 1.99. The van der Waals surface area contributed by atoms with Crippen LogP contribution in [0.3, 0.4) is 0 Å². The quantitative estimate of drug-likeness (QED) is 0.753. The molecule has 0 aromatic carbocycles. The standard InChI is InChI=1S/C9H13N3O3/c1-5-3-2-4-10-6(5)8-11-7(9(13)14)12-15-8/h5-6,10H,2-4H2,1H3,(H,13,14). The van der Waals surface area contributed by atoms with E-state index >= 15 is 0 Å². The second kappa shape index (κ2) is 3.98. The van der Waals surface area contributed by atoms with Gasteiger partial charge >= 0.3 is 5.97 Å². The lowest BCUT2D eigenvalue weighted by molar-refractivity contribution is 0.0680. The lowest BCUT2D eigenvalue weighted by Gasteiger charge is -2.26. The van der Waals surface area contributed by atoms with Crippen molar-refractivity contribution >= 4 is 5.97 Å². The van der Waals surface area contributed by atoms with E-state index in [1.165, 1.54) is 0 Å². The Balaban J connectivity index is 2.17. The normalized spacial score (nSPS) is 26.5. The highest BCUT2D eigenvalue weighted by molar-refractivity contribution is 5.82. The summed E-state index contributed by atoms with van der Waals surface area (Å²) >= 11 is 0. The Kier molecular flexibility index (Phi) is 2.68. The molecule has 2 rings (SSSR count). The van der Waals surface area contributed by atoms with Crippen LogP contribution < -0.4 is 5.32 Å². The smallest absolute Gasteiger partial charge is 0.377 e. The van der Waals surface area contributed by atoms with Gasteiger partial charge in [0.25, 0.3) is 5.82 Å². The SMILES string of the molecule is CC1CCCNC1c1nc(C(=O)O)no1. The molecule has 82 valence electrons. The van der Waals surface area contributed by atoms with Gasteiger partial charge in [-0.05, 0) is 30.5 Å². The number of carboxylic acid groups (broad SMARTS) is 1. The first-order valence-corrected chi connectivity index (χ1v) is 4.99. The second-order valence-electron chi connectivity index (χ2n) is 3.81. The van der Waals surface area contributed by atoms with Crippen LogP contribution in [0.2, 0.25) is 0 Å². The number of piperidine rings is 1. The lowest BCUT2D eigenvalue weighted by atomic mass is 9.93. The third-order valence-electron chi connectivity index (χ3n) is 2.67. The maximum Gasteiger partial charge on any atom is 0.377 e. The first-order valence-electron chi connectivity index (χ1n) is 4.99. The van der Waals surface area contributed by atoms with Crippen molar-refractivity contribution in [2.24, 2.45) is 5.92 Å². The third-order valence-corrected chi connectivity index (χ3v) is 2.67. The van der Waals surface area contributed by atoms with Crippen LogP contribution in [-0.2, 0) is 0 Å². The minimum absolute atomic E-state index is 0.0145. The fraction of sp³-hybridized carbons (Fsp3) is 0.667. The molecule has 0 amide bonds. The van der Waals surface area contributed by atoms with Gasteiger partial charge in [-0.25, -0.2) is 4.79 Å². The van der Waals surface area contributed by atoms with Crippen molar-refractivity contribution in [3.05, 3.63) is 11.7 Å². The van der Waals surface area contributed by atoms with E-state index in [4.69, 9.17) is 9.63 Å². The van der Waals surface area contributed by atoms with Crippen LogP contribution in [0.25, 0.3) is 0 Å². The lowest BCUT2D eigenvalue weighted by Crippen LogP contribution is -2.33. The summed E-state index contributed by atoms with van der Waals surface area (Å²) in [5.41, 5.74) is 0. The predicted octanol–water partition coefficient (Wildman–Crippen LogP) is 0.828. The molecule has 15 heavy (non-hydrogen) atoms. The summed E-state index contributed by atoms with van der Waals surface area (Å²) in [6.07, 6.45) is 2.21. The van der Waals surface area contributed by atoms with Crippen LogP contribution in [0, 0.1) is 5.92 Å². The maximum atomic E-state index is 10.6. The Morgan fingerprint density at radius 2 is 2.47 bits per heavy atom. The van der Waals surface area contributed by atoms with E-state index in [-0.39, 0.29) is 11.9 Å². The Hall–Kier alpha value is -1.43. The van der Waals surface area contributed by atoms with Gasteiger partial charge in [0.05, 0.1) is 6.04 Å². The number of carbonyl (C=O) groups is 1. The number of rotatable bonds is 2. The summed E-state index contributed by atoms with van der Waals surface area (Å²) in [6, 6.07) is -0.0145. The fourth-order valence-corrected chi connectivity index (χ4v) is 1.83. The molecule has 0 saturated carbocycles. The zero-order valence-corrected chi connectivity index (χ0v) is 8.43. The number of hydrogen-bond acceptors (Lipinski definition) is 5. The van der Waals surface area contributed by atoms with E-state index in [0.29, 0.717) is 11.8 Å². The molecule has 2 heterocycles. The van der Waals surface area contributed by atoms with Gasteiger partial charge in [-0.3, -0.25) is 0 Å². The number of carboxylic acids is 1. The number of aromatic nitrogens is 2. The van der Waals surface area contributed by atoms with Crippen LogP contribution in [-0.4, -0.2) is 27.8 Å². The van der Waals surface area contributed by atoms with E-state index in [1.807, 2.05) is 0 Å². The molecule has 0 aliphatic carbocycles. The second-order valence-corrected chi connectivity index (χ2v) is 3.81. The summed E-state index contributed by atoms with van der Waals surface area (Å²) in [5.74, 6) is -0.668. The minimum atomic E-state index is -1.16. The molecule has 0 spiro atoms. The molecule has 1 saturated heterocycles. The number of nitrogens with zero attached hydrogens (tertiary/aromatic N) is 2. The van der Waals surface area contributed by atoms with Crippen molar-refractivity contribution in [2.75, 3.05) is 6.54 Å². The zero-order chi connectivity index (χ0) is 10.8. The number of nitrogens with one attached hydrogen (secondary N) is 1. The highest BCUT2D eigenvalue weighted by atomic mass is 16.5. The molecular weight excluding hydrogens is 198 g/mol. The highest BCUT2D eigenvalue weighted by Crippen LogP contribution is 2.27. The van der Waals surface area contributed by atoms with Crippen molar-refractivity contribution in [2.45, 2.75) is 25.8 Å². The van der Waals surface area contributed by atoms with Gasteiger partial charge in [-0.15, -0.1) is 0 Å². The Morgan fingerprint density at radius 1 is 1.67 bits per heavy atom. The molecule has 1 aromatic rings. The van der Waals surface area contributed by atoms with Gasteiger partial charge in [0.15, 0.2) is 0 Å². The fourth-order valence-electron chi connectivity index (χ4n) is 1.83. The van der Waals surface area contributed by atoms with Gasteiger partial charge in [-0.2, -0.15) is 4.98 Å². The van der Waals surface area contributed by atoms with Crippen LogP contribution in [0.1, 0.15) is 42.3 Å². The molecule has 1 aromatic heterocycles. The molecule has 6 nitrogen and oxygen atoms in total. The van der Waals surface area contributed by atoms with Crippen molar-refractivity contribution in [1.29, 1.82) is 0 Å². The molecule has 1 aliphatic rings. The Bertz CT molecular complexity index is 363. The molecule has 0 bridgehead atoms. The zero-order valence-electron chi connectivity index (χ0n) is 8.43. The maximum absolute atomic E-state index is 10.6. The minimum Gasteiger partial charge on any atom is -0.475 e. The largest absolute Gasteiger partial charge is 0.475 e. The van der Waals surface area contributed by atoms with Gasteiger partial charge in [0.1, 0.15) is 0 Å². The molecular formula is C9H13N3O3. The summed E-state index contributed by atoms with van der Waals surface area (Å²) in [6.45, 7) is 2.99. The van der Waals surface area contributed by atoms with E-state index in [0.717, 1.165) is 19.4 Å². The van der Waals surface area contributed by atoms with E-state index in [2.05, 4.69) is 22.4 Å². The molecule has 2 N–H and O–H groups in total. The summed E-state index contributed by atoms with van der Waals surface area (Å²) in [5, 5.41) is 15.3. The van der Waals surface area contributed by atoms with Crippen LogP contribution in [0.15, 0.2) is 4.52 Å². The molecule has 0 radical (unpaired) electrons. The average molecular weight is 211 g/mol.